The molecule has 9 heteroatoms. The van der Waals surface area contributed by atoms with Gasteiger partial charge in [-0.25, -0.2) is 9.79 Å². The van der Waals surface area contributed by atoms with Gasteiger partial charge < -0.3 is 19.3 Å². The van der Waals surface area contributed by atoms with Crippen molar-refractivity contribution < 1.29 is 24.1 Å². The molecule has 0 bridgehead atoms. The van der Waals surface area contributed by atoms with Gasteiger partial charge in [0.05, 0.1) is 36.1 Å². The molecule has 1 N–H and O–H groups in total. The van der Waals surface area contributed by atoms with Crippen LogP contribution < -0.4 is 24.4 Å². The van der Waals surface area contributed by atoms with Crippen LogP contribution in [0.2, 0.25) is 0 Å². The summed E-state index contributed by atoms with van der Waals surface area (Å²) in [7, 11) is 1.46. The lowest BCUT2D eigenvalue weighted by Gasteiger charge is -2.26. The maximum Gasteiger partial charge on any atom is 0.338 e. The highest BCUT2D eigenvalue weighted by molar-refractivity contribution is 7.07. The molecule has 8 nitrogen and oxygen atoms in total. The number of methoxy groups -OCH3 is 1. The van der Waals surface area contributed by atoms with Crippen LogP contribution in [0.15, 0.2) is 63.5 Å². The highest BCUT2D eigenvalue weighted by Gasteiger charge is 2.35. The number of carbonyl (C=O) groups is 1. The van der Waals surface area contributed by atoms with Crippen molar-refractivity contribution in [3.05, 3.63) is 84.5 Å². The van der Waals surface area contributed by atoms with Crippen LogP contribution in [0.25, 0.3) is 6.08 Å². The molecule has 0 saturated heterocycles. The lowest BCUT2D eigenvalue weighted by Crippen LogP contribution is -2.40. The standard InChI is InChI=1S/C26H26N2O6S/c1-5-33-18-12-8-7-11-17(18)22-21(25(31)34-6-2)15(3)27-26-28(22)24(30)20(35-26)14-16-10-9-13-19(32-4)23(16)29/h7-14,22,29H,5-6H2,1-4H3/b20-14-/t22-/m0/s1. The van der Waals surface area contributed by atoms with Gasteiger partial charge >= 0.3 is 5.97 Å². The summed E-state index contributed by atoms with van der Waals surface area (Å²) < 4.78 is 18.2. The third kappa shape index (κ3) is 4.46. The van der Waals surface area contributed by atoms with Gasteiger partial charge in [-0.1, -0.05) is 41.7 Å². The van der Waals surface area contributed by atoms with Crippen LogP contribution >= 0.6 is 11.3 Å². The minimum absolute atomic E-state index is 0.0672. The molecule has 3 aromatic rings. The second-order valence-electron chi connectivity index (χ2n) is 7.67. The Labute approximate surface area is 206 Å². The fraction of sp³-hybridized carbons (Fsp3) is 0.269. The molecule has 0 fully saturated rings. The molecule has 4 rings (SSSR count). The van der Waals surface area contributed by atoms with Crippen LogP contribution in [0.1, 0.15) is 37.9 Å². The van der Waals surface area contributed by atoms with Gasteiger partial charge in [-0.05, 0) is 39.0 Å². The Morgan fingerprint density at radius 2 is 1.89 bits per heavy atom. The Balaban J connectivity index is 1.99. The molecule has 2 heterocycles. The molecule has 182 valence electrons. The molecule has 0 saturated carbocycles. The molecule has 2 aromatic carbocycles. The van der Waals surface area contributed by atoms with Crippen molar-refractivity contribution in [2.24, 2.45) is 4.99 Å². The van der Waals surface area contributed by atoms with Gasteiger partial charge in [-0.3, -0.25) is 9.36 Å². The molecular weight excluding hydrogens is 468 g/mol. The third-order valence-electron chi connectivity index (χ3n) is 5.57. The highest BCUT2D eigenvalue weighted by atomic mass is 32.1. The minimum atomic E-state index is -0.783. The van der Waals surface area contributed by atoms with Gasteiger partial charge in [0.1, 0.15) is 11.8 Å². The van der Waals surface area contributed by atoms with E-state index in [1.54, 1.807) is 44.2 Å². The second-order valence-corrected chi connectivity index (χ2v) is 8.68. The van der Waals surface area contributed by atoms with E-state index in [9.17, 15) is 14.7 Å². The predicted octanol–water partition coefficient (Wildman–Crippen LogP) is 2.91. The maximum atomic E-state index is 13.7. The Morgan fingerprint density at radius 3 is 2.60 bits per heavy atom. The monoisotopic (exact) mass is 494 g/mol. The fourth-order valence-electron chi connectivity index (χ4n) is 4.04. The Bertz CT molecular complexity index is 1480. The van der Waals surface area contributed by atoms with Crippen LogP contribution in [0.4, 0.5) is 0 Å². The van der Waals surface area contributed by atoms with E-state index < -0.39 is 12.0 Å². The van der Waals surface area contributed by atoms with E-state index in [0.717, 1.165) is 0 Å². The molecule has 1 aromatic heterocycles. The summed E-state index contributed by atoms with van der Waals surface area (Å²) in [4.78, 5) is 31.8. The number of esters is 1. The first-order chi connectivity index (χ1) is 16.9. The quantitative estimate of drug-likeness (QED) is 0.507. The number of benzene rings is 2. The van der Waals surface area contributed by atoms with E-state index in [1.807, 2.05) is 25.1 Å². The van der Waals surface area contributed by atoms with E-state index in [-0.39, 0.29) is 23.5 Å². The van der Waals surface area contributed by atoms with Gasteiger partial charge in [0.25, 0.3) is 5.56 Å². The average molecular weight is 495 g/mol. The molecule has 0 radical (unpaired) electrons. The normalized spacial score (nSPS) is 15.4. The molecule has 1 atom stereocenters. The highest BCUT2D eigenvalue weighted by Crippen LogP contribution is 2.36. The van der Waals surface area contributed by atoms with Crippen LogP contribution in [0, 0.1) is 0 Å². The second kappa shape index (κ2) is 10.2. The summed E-state index contributed by atoms with van der Waals surface area (Å²) >= 11 is 1.18. The van der Waals surface area contributed by atoms with Crippen molar-refractivity contribution >= 4 is 23.4 Å². The van der Waals surface area contributed by atoms with Crippen LogP contribution in [-0.4, -0.2) is 36.0 Å². The van der Waals surface area contributed by atoms with Crippen molar-refractivity contribution in [3.8, 4) is 17.2 Å². The van der Waals surface area contributed by atoms with E-state index >= 15 is 0 Å². The summed E-state index contributed by atoms with van der Waals surface area (Å²) in [5.74, 6) is 0.263. The summed E-state index contributed by atoms with van der Waals surface area (Å²) in [5, 5.41) is 10.5. The van der Waals surface area contributed by atoms with Crippen molar-refractivity contribution in [2.75, 3.05) is 20.3 Å². The number of fused-ring (bicyclic) bond motifs is 1. The smallest absolute Gasteiger partial charge is 0.338 e. The number of carbonyl (C=O) groups excluding carboxylic acids is 1. The number of ether oxygens (including phenoxy) is 3. The zero-order chi connectivity index (χ0) is 25.1. The summed E-state index contributed by atoms with van der Waals surface area (Å²) in [5.41, 5.74) is 1.49. The van der Waals surface area contributed by atoms with Crippen LogP contribution in [0.3, 0.4) is 0 Å². The molecule has 0 spiro atoms. The van der Waals surface area contributed by atoms with Gasteiger partial charge in [0.2, 0.25) is 0 Å². The number of rotatable bonds is 7. The summed E-state index contributed by atoms with van der Waals surface area (Å²) in [6, 6.07) is 11.6. The molecule has 1 aliphatic rings. The number of phenols is 1. The van der Waals surface area contributed by atoms with Gasteiger partial charge in [0.15, 0.2) is 16.3 Å². The number of allylic oxidation sites excluding steroid dienone is 1. The Kier molecular flexibility index (Phi) is 7.07. The number of para-hydroxylation sites is 2. The lowest BCUT2D eigenvalue weighted by atomic mass is 9.95. The molecule has 1 aliphatic heterocycles. The first kappa shape index (κ1) is 24.3. The van der Waals surface area contributed by atoms with E-state index in [2.05, 4.69) is 4.99 Å². The summed E-state index contributed by atoms with van der Waals surface area (Å²) in [6.07, 6.45) is 1.59. The van der Waals surface area contributed by atoms with E-state index in [1.165, 1.54) is 23.0 Å². The number of nitrogens with zero attached hydrogens (tertiary/aromatic N) is 2. The third-order valence-corrected chi connectivity index (χ3v) is 6.55. The van der Waals surface area contributed by atoms with Crippen molar-refractivity contribution in [1.82, 2.24) is 4.57 Å². The number of aromatic hydroxyl groups is 1. The minimum Gasteiger partial charge on any atom is -0.504 e. The average Bonchev–Trinajstić information content (AvgIpc) is 3.14. The van der Waals surface area contributed by atoms with Gasteiger partial charge in [-0.2, -0.15) is 0 Å². The number of hydrogen-bond acceptors (Lipinski definition) is 8. The maximum absolute atomic E-state index is 13.7. The van der Waals surface area contributed by atoms with Crippen molar-refractivity contribution in [2.45, 2.75) is 26.8 Å². The Morgan fingerprint density at radius 1 is 1.14 bits per heavy atom. The zero-order valence-electron chi connectivity index (χ0n) is 19.9. The van der Waals surface area contributed by atoms with Crippen LogP contribution in [0.5, 0.6) is 17.2 Å². The van der Waals surface area contributed by atoms with Crippen molar-refractivity contribution in [3.63, 3.8) is 0 Å². The van der Waals surface area contributed by atoms with Gasteiger partial charge in [-0.15, -0.1) is 0 Å². The molecular formula is C26H26N2O6S. The first-order valence-corrected chi connectivity index (χ1v) is 12.0. The van der Waals surface area contributed by atoms with Gasteiger partial charge in [0, 0.05) is 11.1 Å². The molecule has 0 aliphatic carbocycles. The molecule has 35 heavy (non-hydrogen) atoms. The first-order valence-electron chi connectivity index (χ1n) is 11.2. The Hall–Kier alpha value is -3.85. The number of aromatic nitrogens is 1. The number of phenolic OH excluding ortho intramolecular Hbond substituents is 1. The van der Waals surface area contributed by atoms with Crippen LogP contribution in [-0.2, 0) is 9.53 Å². The zero-order valence-corrected chi connectivity index (χ0v) is 20.7. The summed E-state index contributed by atoms with van der Waals surface area (Å²) in [6.45, 7) is 5.94. The SMILES string of the molecule is CCOC(=O)C1=C(C)N=c2s/c(=C\c3cccc(OC)c3O)c(=O)n2[C@H]1c1ccccc1OCC. The lowest BCUT2D eigenvalue weighted by molar-refractivity contribution is -0.139. The topological polar surface area (TPSA) is 99.4 Å². The number of hydrogen-bond donors (Lipinski definition) is 1. The van der Waals surface area contributed by atoms with E-state index in [4.69, 9.17) is 14.2 Å². The largest absolute Gasteiger partial charge is 0.504 e. The molecule has 0 unspecified atom stereocenters. The van der Waals surface area contributed by atoms with E-state index in [0.29, 0.717) is 44.3 Å². The van der Waals surface area contributed by atoms with Crippen molar-refractivity contribution in [1.29, 1.82) is 0 Å². The fourth-order valence-corrected chi connectivity index (χ4v) is 5.08. The predicted molar refractivity (Wildman–Crippen MR) is 133 cm³/mol. The number of thiazole rings is 1. The molecule has 0 amide bonds.